The number of urea groups is 1. The number of hydrogen-bond acceptors (Lipinski definition) is 7. The Labute approximate surface area is 248 Å². The van der Waals surface area contributed by atoms with Crippen LogP contribution in [-0.4, -0.2) is 54.0 Å². The Morgan fingerprint density at radius 3 is 2.35 bits per heavy atom. The molecule has 0 aliphatic rings. The van der Waals surface area contributed by atoms with Gasteiger partial charge in [-0.05, 0) is 47.9 Å². The van der Waals surface area contributed by atoms with Crippen LogP contribution in [0.2, 0.25) is 0 Å². The molecule has 13 nitrogen and oxygen atoms in total. The van der Waals surface area contributed by atoms with E-state index in [1.54, 1.807) is 37.4 Å². The predicted octanol–water partition coefficient (Wildman–Crippen LogP) is 3.15. The topological polar surface area (TPSA) is 193 Å². The van der Waals surface area contributed by atoms with Crippen LogP contribution in [0.1, 0.15) is 42.0 Å². The Morgan fingerprint density at radius 1 is 1.00 bits per heavy atom. The fraction of sp³-hybridized carbons (Fsp3) is 0.267. The number of nitrogens with zero attached hydrogens (tertiary/aromatic N) is 2. The Morgan fingerprint density at radius 2 is 1.72 bits per heavy atom. The second-order valence-electron chi connectivity index (χ2n) is 9.69. The number of primary amides is 1. The van der Waals surface area contributed by atoms with Gasteiger partial charge in [-0.15, -0.1) is 0 Å². The lowest BCUT2D eigenvalue weighted by Crippen LogP contribution is -2.31. The standard InChI is InChI=1S/C30H34N6O7/c1-18-6-4-5-7-21(18)34-30(42)35-22-10-8-19(14-24(22)43-3)15-28(39)36(2)26-12-9-20(17-32-26)23(16-29(40)41)33-27(38)13-11-25(31)37/h4-10,12,14,17,23H,11,13,15-16H2,1-3H3,(H2,31,37)(H,33,38)(H,40,41)(H2,34,35,42). The number of pyridine rings is 1. The minimum Gasteiger partial charge on any atom is -0.495 e. The Balaban J connectivity index is 1.65. The van der Waals surface area contributed by atoms with Crippen molar-refractivity contribution in [2.75, 3.05) is 29.7 Å². The van der Waals surface area contributed by atoms with Gasteiger partial charge in [0.25, 0.3) is 0 Å². The number of anilines is 3. The summed E-state index contributed by atoms with van der Waals surface area (Å²) in [6.07, 6.45) is 0.648. The molecule has 13 heteroatoms. The minimum absolute atomic E-state index is 0.00351. The van der Waals surface area contributed by atoms with Crippen LogP contribution in [0.15, 0.2) is 60.8 Å². The lowest BCUT2D eigenvalue weighted by molar-refractivity contribution is -0.138. The van der Waals surface area contributed by atoms with Gasteiger partial charge < -0.3 is 31.5 Å². The summed E-state index contributed by atoms with van der Waals surface area (Å²) in [5, 5.41) is 17.4. The van der Waals surface area contributed by atoms with Crippen LogP contribution < -0.4 is 31.3 Å². The quantitative estimate of drug-likeness (QED) is 0.200. The van der Waals surface area contributed by atoms with Gasteiger partial charge in [0.05, 0.1) is 31.7 Å². The zero-order valence-corrected chi connectivity index (χ0v) is 24.0. The molecule has 0 radical (unpaired) electrons. The Kier molecular flexibility index (Phi) is 11.2. The largest absolute Gasteiger partial charge is 0.495 e. The summed E-state index contributed by atoms with van der Waals surface area (Å²) in [4.78, 5) is 65.6. The molecule has 0 aliphatic heterocycles. The fourth-order valence-electron chi connectivity index (χ4n) is 4.09. The van der Waals surface area contributed by atoms with Gasteiger partial charge in [-0.25, -0.2) is 9.78 Å². The van der Waals surface area contributed by atoms with E-state index in [2.05, 4.69) is 20.9 Å². The van der Waals surface area contributed by atoms with Gasteiger partial charge in [0.15, 0.2) is 0 Å². The van der Waals surface area contributed by atoms with Crippen molar-refractivity contribution >= 4 is 46.9 Å². The molecule has 2 aromatic carbocycles. The summed E-state index contributed by atoms with van der Waals surface area (Å²) in [5.74, 6) is -1.91. The maximum atomic E-state index is 13.0. The molecule has 1 atom stereocenters. The first-order valence-electron chi connectivity index (χ1n) is 13.3. The van der Waals surface area contributed by atoms with Gasteiger partial charge >= 0.3 is 12.0 Å². The number of nitrogens with one attached hydrogen (secondary N) is 3. The van der Waals surface area contributed by atoms with E-state index < -0.39 is 36.3 Å². The molecule has 6 N–H and O–H groups in total. The number of rotatable bonds is 13. The molecular weight excluding hydrogens is 556 g/mol. The first-order valence-corrected chi connectivity index (χ1v) is 13.3. The summed E-state index contributed by atoms with van der Waals surface area (Å²) in [7, 11) is 3.01. The van der Waals surface area contributed by atoms with Crippen molar-refractivity contribution in [3.8, 4) is 5.75 Å². The lowest BCUT2D eigenvalue weighted by Gasteiger charge is -2.20. The number of methoxy groups -OCH3 is 1. The van der Waals surface area contributed by atoms with Gasteiger partial charge in [0, 0.05) is 31.8 Å². The first kappa shape index (κ1) is 32.1. The third kappa shape index (κ3) is 9.56. The van der Waals surface area contributed by atoms with Crippen LogP contribution in [0, 0.1) is 6.92 Å². The number of carbonyl (C=O) groups excluding carboxylic acids is 4. The van der Waals surface area contributed by atoms with Crippen molar-refractivity contribution < 1.29 is 33.8 Å². The smallest absolute Gasteiger partial charge is 0.323 e. The third-order valence-electron chi connectivity index (χ3n) is 6.47. The van der Waals surface area contributed by atoms with Gasteiger partial charge in [0.2, 0.25) is 17.7 Å². The van der Waals surface area contributed by atoms with Gasteiger partial charge in [-0.1, -0.05) is 30.3 Å². The fourth-order valence-corrected chi connectivity index (χ4v) is 4.09. The van der Waals surface area contributed by atoms with E-state index in [0.29, 0.717) is 34.1 Å². The van der Waals surface area contributed by atoms with Gasteiger partial charge in [-0.2, -0.15) is 0 Å². The summed E-state index contributed by atoms with van der Waals surface area (Å²) < 4.78 is 5.43. The number of likely N-dealkylation sites (N-methyl/N-ethyl adjacent to an activating group) is 1. The maximum absolute atomic E-state index is 13.0. The number of amides is 5. The number of carboxylic acid groups (broad SMARTS) is 1. The van der Waals surface area contributed by atoms with E-state index in [0.717, 1.165) is 5.56 Å². The highest BCUT2D eigenvalue weighted by molar-refractivity contribution is 6.01. The van der Waals surface area contributed by atoms with Crippen LogP contribution in [0.3, 0.4) is 0 Å². The Bertz CT molecular complexity index is 1490. The highest BCUT2D eigenvalue weighted by Crippen LogP contribution is 2.27. The highest BCUT2D eigenvalue weighted by atomic mass is 16.5. The van der Waals surface area contributed by atoms with Crippen molar-refractivity contribution in [1.29, 1.82) is 0 Å². The van der Waals surface area contributed by atoms with Crippen molar-refractivity contribution in [3.63, 3.8) is 0 Å². The molecule has 3 rings (SSSR count). The number of aryl methyl sites for hydroxylation is 1. The molecule has 3 aromatic rings. The number of ether oxygens (including phenoxy) is 1. The number of carbonyl (C=O) groups is 5. The average molecular weight is 591 g/mol. The van der Waals surface area contributed by atoms with E-state index >= 15 is 0 Å². The van der Waals surface area contributed by atoms with Crippen LogP contribution in [0.5, 0.6) is 5.75 Å². The number of nitrogens with two attached hydrogens (primary N) is 1. The molecule has 226 valence electrons. The molecule has 5 amide bonds. The molecule has 1 heterocycles. The molecule has 1 aromatic heterocycles. The number of carboxylic acids is 1. The van der Waals surface area contributed by atoms with Gasteiger partial charge in [-0.3, -0.25) is 24.1 Å². The molecule has 0 bridgehead atoms. The van der Waals surface area contributed by atoms with Crippen LogP contribution in [-0.2, 0) is 25.6 Å². The number of hydrogen-bond donors (Lipinski definition) is 5. The normalized spacial score (nSPS) is 11.1. The molecule has 1 unspecified atom stereocenters. The molecule has 0 fully saturated rings. The van der Waals surface area contributed by atoms with Crippen molar-refractivity contribution in [3.05, 3.63) is 77.5 Å². The summed E-state index contributed by atoms with van der Waals surface area (Å²) >= 11 is 0. The molecule has 43 heavy (non-hydrogen) atoms. The van der Waals surface area contributed by atoms with E-state index in [4.69, 9.17) is 10.5 Å². The van der Waals surface area contributed by atoms with E-state index in [9.17, 15) is 29.1 Å². The monoisotopic (exact) mass is 590 g/mol. The summed E-state index contributed by atoms with van der Waals surface area (Å²) in [6, 6.07) is 14.2. The highest BCUT2D eigenvalue weighted by Gasteiger charge is 2.20. The van der Waals surface area contributed by atoms with Crippen LogP contribution in [0.4, 0.5) is 22.0 Å². The molecule has 0 saturated carbocycles. The van der Waals surface area contributed by atoms with Gasteiger partial charge in [0.1, 0.15) is 11.6 Å². The zero-order chi connectivity index (χ0) is 31.5. The first-order chi connectivity index (χ1) is 20.5. The SMILES string of the molecule is COc1cc(CC(=O)N(C)c2ccc(C(CC(=O)O)NC(=O)CCC(N)=O)cn2)ccc1NC(=O)Nc1ccccc1C. The minimum atomic E-state index is -1.14. The second kappa shape index (κ2) is 15.0. The average Bonchev–Trinajstić information content (AvgIpc) is 2.97. The molecule has 0 saturated heterocycles. The summed E-state index contributed by atoms with van der Waals surface area (Å²) in [5.41, 5.74) is 8.13. The third-order valence-corrected chi connectivity index (χ3v) is 6.47. The van der Waals surface area contributed by atoms with Crippen molar-refractivity contribution in [1.82, 2.24) is 10.3 Å². The Hall–Kier alpha value is -5.46. The lowest BCUT2D eigenvalue weighted by atomic mass is 10.1. The molecule has 0 spiro atoms. The van der Waals surface area contributed by atoms with Crippen LogP contribution >= 0.6 is 0 Å². The van der Waals surface area contributed by atoms with E-state index in [1.165, 1.54) is 24.3 Å². The maximum Gasteiger partial charge on any atom is 0.323 e. The number of aromatic nitrogens is 1. The van der Waals surface area contributed by atoms with Crippen LogP contribution in [0.25, 0.3) is 0 Å². The molecular formula is C30H34N6O7. The summed E-state index contributed by atoms with van der Waals surface area (Å²) in [6.45, 7) is 1.88. The molecule has 0 aliphatic carbocycles. The van der Waals surface area contributed by atoms with Crippen molar-refractivity contribution in [2.45, 2.75) is 38.6 Å². The van der Waals surface area contributed by atoms with Crippen molar-refractivity contribution in [2.24, 2.45) is 5.73 Å². The number of benzene rings is 2. The van der Waals surface area contributed by atoms with E-state index in [1.807, 2.05) is 25.1 Å². The zero-order valence-electron chi connectivity index (χ0n) is 24.0. The number of para-hydroxylation sites is 1. The second-order valence-corrected chi connectivity index (χ2v) is 9.69. The predicted molar refractivity (Wildman–Crippen MR) is 160 cm³/mol. The number of aliphatic carboxylic acids is 1. The van der Waals surface area contributed by atoms with E-state index in [-0.39, 0.29) is 25.2 Å².